The van der Waals surface area contributed by atoms with Gasteiger partial charge in [-0.05, 0) is 18.3 Å². The van der Waals surface area contributed by atoms with Gasteiger partial charge in [-0.25, -0.2) is 0 Å². The summed E-state index contributed by atoms with van der Waals surface area (Å²) < 4.78 is 11.4. The third kappa shape index (κ3) is 0.537. The molecule has 36 valence electrons. The second-order valence-electron chi connectivity index (χ2n) is 2.13. The number of rotatable bonds is 1. The molecule has 1 heteroatoms. The molecule has 0 bridgehead atoms. The van der Waals surface area contributed by atoms with E-state index in [1.807, 2.05) is 0 Å². The molecule has 0 saturated heterocycles. The molecule has 0 N–H and O–H groups in total. The molecular formula is C5H9F. The predicted molar refractivity (Wildman–Crippen MR) is 23.2 cm³/mol. The zero-order valence-electron chi connectivity index (χ0n) is 3.95. The summed E-state index contributed by atoms with van der Waals surface area (Å²) in [6.45, 7) is 1.99. The predicted octanol–water partition coefficient (Wildman–Crippen LogP) is 1.61. The van der Waals surface area contributed by atoms with E-state index < -0.39 is 0 Å². The van der Waals surface area contributed by atoms with Crippen molar-refractivity contribution in [1.82, 2.24) is 0 Å². The summed E-state index contributed by atoms with van der Waals surface area (Å²) in [6, 6.07) is 0. The van der Waals surface area contributed by atoms with Crippen LogP contribution in [0.2, 0.25) is 0 Å². The van der Waals surface area contributed by atoms with E-state index in [0.717, 1.165) is 6.42 Å². The Labute approximate surface area is 37.4 Å². The van der Waals surface area contributed by atoms with Crippen LogP contribution in [-0.4, -0.2) is 6.67 Å². The van der Waals surface area contributed by atoms with E-state index in [9.17, 15) is 4.39 Å². The van der Waals surface area contributed by atoms with Crippen LogP contribution in [0.4, 0.5) is 4.39 Å². The van der Waals surface area contributed by atoms with Crippen molar-refractivity contribution in [2.24, 2.45) is 11.8 Å². The van der Waals surface area contributed by atoms with Crippen LogP contribution in [-0.2, 0) is 0 Å². The minimum Gasteiger partial charge on any atom is -0.251 e. The van der Waals surface area contributed by atoms with Crippen LogP contribution in [0.25, 0.3) is 0 Å². The van der Waals surface area contributed by atoms with Crippen LogP contribution in [0.1, 0.15) is 13.3 Å². The molecule has 0 radical (unpaired) electrons. The van der Waals surface area contributed by atoms with Crippen molar-refractivity contribution in [3.8, 4) is 0 Å². The lowest BCUT2D eigenvalue weighted by Crippen LogP contribution is -1.76. The Balaban J connectivity index is 2.09. The van der Waals surface area contributed by atoms with Gasteiger partial charge in [0.25, 0.3) is 0 Å². The van der Waals surface area contributed by atoms with E-state index >= 15 is 0 Å². The first-order valence-electron chi connectivity index (χ1n) is 2.40. The summed E-state index contributed by atoms with van der Waals surface area (Å²) in [5.74, 6) is 1.12. The summed E-state index contributed by atoms with van der Waals surface area (Å²) in [5.41, 5.74) is 0. The van der Waals surface area contributed by atoms with Gasteiger partial charge in [-0.1, -0.05) is 6.92 Å². The number of hydrogen-bond acceptors (Lipinski definition) is 0. The molecule has 6 heavy (non-hydrogen) atoms. The number of alkyl halides is 1. The Morgan fingerprint density at radius 1 is 1.83 bits per heavy atom. The van der Waals surface area contributed by atoms with Gasteiger partial charge in [-0.15, -0.1) is 0 Å². The monoisotopic (exact) mass is 88.1 g/mol. The van der Waals surface area contributed by atoms with Gasteiger partial charge < -0.3 is 0 Å². The average Bonchev–Trinajstić information content (AvgIpc) is 2.19. The molecule has 2 unspecified atom stereocenters. The SMILES string of the molecule is CC1CC1CF. The Bertz CT molecular complexity index is 49.9. The van der Waals surface area contributed by atoms with Crippen molar-refractivity contribution in [3.05, 3.63) is 0 Å². The van der Waals surface area contributed by atoms with Gasteiger partial charge in [0.1, 0.15) is 0 Å². The van der Waals surface area contributed by atoms with Crippen molar-refractivity contribution in [2.75, 3.05) is 6.67 Å². The maximum Gasteiger partial charge on any atom is 0.0925 e. The van der Waals surface area contributed by atoms with Crippen molar-refractivity contribution < 1.29 is 4.39 Å². The van der Waals surface area contributed by atoms with Gasteiger partial charge in [-0.3, -0.25) is 4.39 Å². The quantitative estimate of drug-likeness (QED) is 0.457. The van der Waals surface area contributed by atoms with Crippen LogP contribution in [0.15, 0.2) is 0 Å². The third-order valence-corrected chi connectivity index (χ3v) is 1.47. The Morgan fingerprint density at radius 3 is 2.33 bits per heavy atom. The van der Waals surface area contributed by atoms with E-state index in [1.54, 1.807) is 0 Å². The molecule has 2 atom stereocenters. The van der Waals surface area contributed by atoms with Crippen LogP contribution < -0.4 is 0 Å². The zero-order chi connectivity index (χ0) is 4.57. The molecule has 1 saturated carbocycles. The molecule has 1 aliphatic carbocycles. The fourth-order valence-electron chi connectivity index (χ4n) is 0.614. The normalized spacial score (nSPS) is 43.0. The standard InChI is InChI=1S/C5H9F/c1-4-2-5(4)3-6/h4-5H,2-3H2,1H3. The lowest BCUT2D eigenvalue weighted by molar-refractivity contribution is 0.444. The van der Waals surface area contributed by atoms with Gasteiger partial charge in [0.05, 0.1) is 6.67 Å². The summed E-state index contributed by atoms with van der Waals surface area (Å²) >= 11 is 0. The van der Waals surface area contributed by atoms with Gasteiger partial charge in [0.15, 0.2) is 0 Å². The molecule has 0 aromatic heterocycles. The fourth-order valence-corrected chi connectivity index (χ4v) is 0.614. The minimum absolute atomic E-state index is 0.0961. The Morgan fingerprint density at radius 2 is 2.33 bits per heavy atom. The van der Waals surface area contributed by atoms with Crippen LogP contribution in [0.3, 0.4) is 0 Å². The molecule has 0 aromatic rings. The van der Waals surface area contributed by atoms with E-state index in [4.69, 9.17) is 0 Å². The highest BCUT2D eigenvalue weighted by Gasteiger charge is 2.31. The van der Waals surface area contributed by atoms with Gasteiger partial charge in [0.2, 0.25) is 0 Å². The molecule has 0 aliphatic heterocycles. The van der Waals surface area contributed by atoms with Crippen LogP contribution in [0.5, 0.6) is 0 Å². The van der Waals surface area contributed by atoms with E-state index in [2.05, 4.69) is 6.92 Å². The lowest BCUT2D eigenvalue weighted by Gasteiger charge is -1.76. The maximum absolute atomic E-state index is 11.4. The highest BCUT2D eigenvalue weighted by atomic mass is 19.1. The molecule has 0 nitrogen and oxygen atoms in total. The summed E-state index contributed by atoms with van der Waals surface area (Å²) in [4.78, 5) is 0. The second kappa shape index (κ2) is 1.21. The summed E-state index contributed by atoms with van der Waals surface area (Å²) in [7, 11) is 0. The molecule has 0 amide bonds. The molecule has 1 rings (SSSR count). The van der Waals surface area contributed by atoms with E-state index in [0.29, 0.717) is 11.8 Å². The second-order valence-corrected chi connectivity index (χ2v) is 2.13. The lowest BCUT2D eigenvalue weighted by atomic mass is 10.4. The van der Waals surface area contributed by atoms with Crippen LogP contribution in [0, 0.1) is 11.8 Å². The zero-order valence-corrected chi connectivity index (χ0v) is 3.95. The van der Waals surface area contributed by atoms with Crippen molar-refractivity contribution >= 4 is 0 Å². The van der Waals surface area contributed by atoms with Gasteiger partial charge in [0, 0.05) is 0 Å². The fraction of sp³-hybridized carbons (Fsp3) is 1.00. The van der Waals surface area contributed by atoms with Crippen molar-refractivity contribution in [1.29, 1.82) is 0 Å². The summed E-state index contributed by atoms with van der Waals surface area (Å²) in [5, 5.41) is 0. The van der Waals surface area contributed by atoms with Crippen molar-refractivity contribution in [2.45, 2.75) is 13.3 Å². The highest BCUT2D eigenvalue weighted by molar-refractivity contribution is 4.80. The first-order valence-corrected chi connectivity index (χ1v) is 2.40. The summed E-state index contributed by atoms with van der Waals surface area (Å²) in [6.07, 6.45) is 1.12. The molecule has 0 heterocycles. The molecule has 1 fully saturated rings. The first-order chi connectivity index (χ1) is 2.84. The minimum atomic E-state index is -0.0961. The average molecular weight is 88.1 g/mol. The first kappa shape index (κ1) is 4.10. The van der Waals surface area contributed by atoms with Crippen LogP contribution >= 0.6 is 0 Å². The van der Waals surface area contributed by atoms with E-state index in [1.165, 1.54) is 0 Å². The van der Waals surface area contributed by atoms with Gasteiger partial charge in [-0.2, -0.15) is 0 Å². The Kier molecular flexibility index (Phi) is 0.827. The van der Waals surface area contributed by atoms with Crippen molar-refractivity contribution in [3.63, 3.8) is 0 Å². The third-order valence-electron chi connectivity index (χ3n) is 1.47. The van der Waals surface area contributed by atoms with Gasteiger partial charge >= 0.3 is 0 Å². The molecule has 0 aromatic carbocycles. The maximum atomic E-state index is 11.4. The topological polar surface area (TPSA) is 0 Å². The smallest absolute Gasteiger partial charge is 0.0925 e. The van der Waals surface area contributed by atoms with E-state index in [-0.39, 0.29) is 6.67 Å². The Hall–Kier alpha value is -0.0700. The number of halogens is 1. The number of hydrogen-bond donors (Lipinski definition) is 0. The molecule has 1 aliphatic rings. The largest absolute Gasteiger partial charge is 0.251 e. The molecule has 0 spiro atoms. The highest BCUT2D eigenvalue weighted by Crippen LogP contribution is 2.37. The molecular weight excluding hydrogens is 79.1 g/mol.